The number of aliphatic carboxylic acids is 1. The first-order valence-electron chi connectivity index (χ1n) is 3.58. The van der Waals surface area contributed by atoms with Crippen LogP contribution in [0.2, 0.25) is 0 Å². The Bertz CT molecular complexity index is 181. The fraction of sp³-hybridized carbons (Fsp3) is 0.667. The average Bonchev–Trinajstić information content (AvgIpc) is 1.97. The van der Waals surface area contributed by atoms with Crippen molar-refractivity contribution in [3.05, 3.63) is 0 Å². The van der Waals surface area contributed by atoms with Gasteiger partial charge in [0.2, 0.25) is 0 Å². The molecule has 0 fully saturated rings. The zero-order valence-corrected chi connectivity index (χ0v) is 7.44. The Morgan fingerprint density at radius 2 is 2.00 bits per heavy atom. The van der Waals surface area contributed by atoms with Crippen molar-refractivity contribution in [2.24, 2.45) is 22.2 Å². The normalized spacial score (nSPS) is 11.2. The van der Waals surface area contributed by atoms with Crippen LogP contribution in [0.4, 0.5) is 0 Å². The quantitative estimate of drug-likeness (QED) is 0.230. The van der Waals surface area contributed by atoms with Crippen molar-refractivity contribution in [3.8, 4) is 0 Å². The number of guanidine groups is 1. The predicted octanol–water partition coefficient (Wildman–Crippen LogP) is -1.55. The van der Waals surface area contributed by atoms with Gasteiger partial charge < -0.3 is 22.3 Å². The van der Waals surface area contributed by atoms with Crippen molar-refractivity contribution in [1.29, 1.82) is 0 Å². The largest absolute Gasteiger partial charge is 0.480 e. The van der Waals surface area contributed by atoms with E-state index in [2.05, 4.69) is 4.99 Å². The van der Waals surface area contributed by atoms with Gasteiger partial charge in [-0.2, -0.15) is 0 Å². The Kier molecular flexibility index (Phi) is 7.91. The monoisotopic (exact) mass is 178 g/mol. The van der Waals surface area contributed by atoms with E-state index in [1.165, 1.54) is 0 Å². The topological polar surface area (TPSA) is 128 Å². The third kappa shape index (κ3) is 8.52. The van der Waals surface area contributed by atoms with Gasteiger partial charge in [0.05, 0.1) is 0 Å². The van der Waals surface area contributed by atoms with Gasteiger partial charge in [0.15, 0.2) is 5.96 Å². The van der Waals surface area contributed by atoms with Gasteiger partial charge in [-0.3, -0.25) is 9.79 Å². The van der Waals surface area contributed by atoms with Crippen LogP contribution in [-0.2, 0) is 4.79 Å². The summed E-state index contributed by atoms with van der Waals surface area (Å²) in [6.45, 7) is 0.420. The molecular weight excluding hydrogens is 164 g/mol. The molecule has 0 radical (unpaired) electrons. The number of carboxylic acid groups (broad SMARTS) is 1. The summed E-state index contributed by atoms with van der Waals surface area (Å²) in [5.41, 5.74) is 15.3. The minimum Gasteiger partial charge on any atom is -0.480 e. The Morgan fingerprint density at radius 3 is 2.38 bits per heavy atom. The molecule has 0 bridgehead atoms. The molecule has 72 valence electrons. The van der Waals surface area contributed by atoms with Crippen LogP contribution in [0, 0.1) is 6.15 Å². The van der Waals surface area contributed by atoms with Crippen LogP contribution in [0.1, 0.15) is 12.8 Å². The number of nitrogens with two attached hydrogens (primary N) is 3. The SMILES string of the molecule is NC(N)=NCCC[C@H](N)C(=O)O.[He]. The number of carbonyl (C=O) groups is 1. The molecule has 0 aromatic carbocycles. The van der Waals surface area contributed by atoms with E-state index in [1.807, 2.05) is 0 Å². The van der Waals surface area contributed by atoms with Crippen molar-refractivity contribution in [2.45, 2.75) is 18.9 Å². The zero-order valence-electron chi connectivity index (χ0n) is 7.44. The number of rotatable bonds is 5. The van der Waals surface area contributed by atoms with Crippen LogP contribution in [0.5, 0.6) is 0 Å². The van der Waals surface area contributed by atoms with Gasteiger partial charge in [0.1, 0.15) is 6.04 Å². The van der Waals surface area contributed by atoms with E-state index >= 15 is 0 Å². The minimum atomic E-state index is -1.00. The molecule has 1 atom stereocenters. The molecule has 0 spiro atoms. The van der Waals surface area contributed by atoms with Crippen LogP contribution in [0.3, 0.4) is 0 Å². The standard InChI is InChI=1S/C6H14N4O2.He/c7-4(5(11)12)2-1-3-10-6(8)9;/h4H,1-3,7H2,(H,11,12)(H4,8,9,10);/t4-;/m0./s1. The van der Waals surface area contributed by atoms with Crippen molar-refractivity contribution in [2.75, 3.05) is 6.54 Å². The van der Waals surface area contributed by atoms with Crippen LogP contribution in [0.15, 0.2) is 4.99 Å². The van der Waals surface area contributed by atoms with Gasteiger partial charge in [-0.1, -0.05) is 0 Å². The van der Waals surface area contributed by atoms with Gasteiger partial charge >= 0.3 is 5.97 Å². The van der Waals surface area contributed by atoms with Crippen molar-refractivity contribution in [1.82, 2.24) is 0 Å². The number of hydrogen-bond donors (Lipinski definition) is 4. The van der Waals surface area contributed by atoms with Crippen molar-refractivity contribution >= 4 is 11.9 Å². The first kappa shape index (κ1) is 14.2. The number of hydrogen-bond acceptors (Lipinski definition) is 3. The average molecular weight is 178 g/mol. The molecule has 7 heteroatoms. The first-order valence-corrected chi connectivity index (χ1v) is 3.58. The van der Waals surface area contributed by atoms with Crippen molar-refractivity contribution < 1.29 is 16.1 Å². The molecule has 0 saturated carbocycles. The molecule has 0 aliphatic rings. The number of nitrogens with zero attached hydrogens (tertiary/aromatic N) is 1. The van der Waals surface area contributed by atoms with Crippen molar-refractivity contribution in [3.63, 3.8) is 0 Å². The molecule has 0 saturated heterocycles. The smallest absolute Gasteiger partial charge is 0.320 e. The summed E-state index contributed by atoms with van der Waals surface area (Å²) >= 11 is 0. The van der Waals surface area contributed by atoms with Gasteiger partial charge in [0.25, 0.3) is 0 Å². The molecule has 0 heterocycles. The molecule has 0 aliphatic carbocycles. The summed E-state index contributed by atoms with van der Waals surface area (Å²) in [7, 11) is 0. The molecular formula is C6H14HeN4O2. The van der Waals surface area contributed by atoms with E-state index in [4.69, 9.17) is 22.3 Å². The molecule has 0 rings (SSSR count). The second-order valence-corrected chi connectivity index (χ2v) is 2.39. The summed E-state index contributed by atoms with van der Waals surface area (Å²) in [6, 6.07) is -0.820. The Morgan fingerprint density at radius 1 is 1.46 bits per heavy atom. The maximum Gasteiger partial charge on any atom is 0.320 e. The maximum absolute atomic E-state index is 10.2. The van der Waals surface area contributed by atoms with E-state index in [0.29, 0.717) is 19.4 Å². The first-order chi connectivity index (χ1) is 5.54. The molecule has 13 heavy (non-hydrogen) atoms. The van der Waals surface area contributed by atoms with E-state index < -0.39 is 12.0 Å². The second kappa shape index (κ2) is 7.27. The molecule has 0 amide bonds. The zero-order chi connectivity index (χ0) is 9.56. The van der Waals surface area contributed by atoms with Crippen LogP contribution in [0.25, 0.3) is 0 Å². The summed E-state index contributed by atoms with van der Waals surface area (Å²) in [5.74, 6) is -0.987. The number of carboxylic acids is 1. The summed E-state index contributed by atoms with van der Waals surface area (Å²) in [4.78, 5) is 13.9. The molecule has 0 aliphatic heterocycles. The Hall–Kier alpha value is -1.39. The number of aliphatic imine (C=N–C) groups is 1. The third-order valence-corrected chi connectivity index (χ3v) is 1.28. The van der Waals surface area contributed by atoms with Crippen LogP contribution >= 0.6 is 0 Å². The fourth-order valence-electron chi connectivity index (χ4n) is 0.643. The molecule has 6 nitrogen and oxygen atoms in total. The van der Waals surface area contributed by atoms with Gasteiger partial charge in [-0.15, -0.1) is 0 Å². The van der Waals surface area contributed by atoms with Gasteiger partial charge in [0, 0.05) is 12.7 Å². The molecule has 0 aromatic rings. The third-order valence-electron chi connectivity index (χ3n) is 1.28. The van der Waals surface area contributed by atoms with E-state index in [-0.39, 0.29) is 12.1 Å². The van der Waals surface area contributed by atoms with E-state index in [9.17, 15) is 4.79 Å². The van der Waals surface area contributed by atoms with Gasteiger partial charge in [-0.25, -0.2) is 0 Å². The summed E-state index contributed by atoms with van der Waals surface area (Å²) < 4.78 is 0. The molecule has 7 N–H and O–H groups in total. The summed E-state index contributed by atoms with van der Waals surface area (Å²) in [6.07, 6.45) is 0.956. The van der Waals surface area contributed by atoms with Crippen LogP contribution in [-0.4, -0.2) is 29.6 Å². The predicted molar refractivity (Wildman–Crippen MR) is 45.5 cm³/mol. The summed E-state index contributed by atoms with van der Waals surface area (Å²) in [5, 5.41) is 8.38. The second-order valence-electron chi connectivity index (χ2n) is 2.39. The fourth-order valence-corrected chi connectivity index (χ4v) is 0.643. The van der Waals surface area contributed by atoms with Gasteiger partial charge in [-0.05, 0) is 12.8 Å². The Balaban J connectivity index is 0. The van der Waals surface area contributed by atoms with Crippen LogP contribution < -0.4 is 17.2 Å². The maximum atomic E-state index is 10.2. The minimum absolute atomic E-state index is 0. The molecule has 0 unspecified atom stereocenters. The molecule has 0 aromatic heterocycles. The Labute approximate surface area is 76.6 Å². The van der Waals surface area contributed by atoms with E-state index in [1.54, 1.807) is 0 Å². The van der Waals surface area contributed by atoms with E-state index in [0.717, 1.165) is 0 Å².